The lowest BCUT2D eigenvalue weighted by Crippen LogP contribution is -2.24. The third kappa shape index (κ3) is 4.60. The Balaban J connectivity index is 1.89. The molecule has 0 bridgehead atoms. The number of carbonyl (C=O) groups is 1. The van der Waals surface area contributed by atoms with Crippen molar-refractivity contribution >= 4 is 22.8 Å². The summed E-state index contributed by atoms with van der Waals surface area (Å²) in [6, 6.07) is 11.0. The van der Waals surface area contributed by atoms with Crippen molar-refractivity contribution in [2.45, 2.75) is 52.9 Å². The van der Waals surface area contributed by atoms with Crippen molar-refractivity contribution in [2.75, 3.05) is 5.32 Å². The van der Waals surface area contributed by atoms with Crippen molar-refractivity contribution in [1.29, 1.82) is 0 Å². The summed E-state index contributed by atoms with van der Waals surface area (Å²) >= 11 is 0. The Kier molecular flexibility index (Phi) is 6.82. The number of aromatic hydroxyl groups is 2. The van der Waals surface area contributed by atoms with Crippen molar-refractivity contribution in [3.05, 3.63) is 48.2 Å². The average molecular weight is 476 g/mol. The molecule has 0 aliphatic heterocycles. The molecule has 0 radical (unpaired) electrons. The number of phenolic OH excluding ortho intramolecular Hbond substituents is 2. The molecule has 0 fully saturated rings. The molecule has 1 amide bonds. The maximum Gasteiger partial charge on any atom is 0.236 e. The fourth-order valence-electron chi connectivity index (χ4n) is 4.51. The van der Waals surface area contributed by atoms with E-state index in [1.54, 1.807) is 10.6 Å². The second kappa shape index (κ2) is 9.82. The first-order valence-electron chi connectivity index (χ1n) is 12.1. The summed E-state index contributed by atoms with van der Waals surface area (Å²) < 4.78 is 3.78. The molecule has 2 aromatic carbocycles. The van der Waals surface area contributed by atoms with Crippen LogP contribution >= 0.6 is 0 Å². The number of aromatic nitrogens is 4. The number of hydrogen-bond acceptors (Lipinski definition) is 5. The highest BCUT2D eigenvalue weighted by atomic mass is 16.3. The molecule has 2 heterocycles. The molecule has 0 spiro atoms. The molecule has 184 valence electrons. The smallest absolute Gasteiger partial charge is 0.236 e. The van der Waals surface area contributed by atoms with Gasteiger partial charge in [-0.15, -0.1) is 10.2 Å². The fourth-order valence-corrected chi connectivity index (χ4v) is 4.51. The maximum atomic E-state index is 13.1. The SMILES string of the molecule is CCCC(CC)C(=O)Nc1nnc(-c2cc(C(C)C)c(O)cc2O)n1-c1ccc2c(ccn2C)c1. The number of nitrogens with one attached hydrogen (secondary N) is 1. The van der Waals surface area contributed by atoms with Crippen LogP contribution in [0.5, 0.6) is 11.5 Å². The lowest BCUT2D eigenvalue weighted by molar-refractivity contribution is -0.120. The molecular formula is C27H33N5O3. The molecule has 1 unspecified atom stereocenters. The highest BCUT2D eigenvalue weighted by molar-refractivity contribution is 5.92. The number of rotatable bonds is 8. The Morgan fingerprint density at radius 3 is 2.51 bits per heavy atom. The van der Waals surface area contributed by atoms with Gasteiger partial charge in [0.05, 0.1) is 11.3 Å². The fraction of sp³-hybridized carbons (Fsp3) is 0.370. The summed E-state index contributed by atoms with van der Waals surface area (Å²) in [5, 5.41) is 33.8. The van der Waals surface area contributed by atoms with Crippen LogP contribution in [0.3, 0.4) is 0 Å². The molecule has 8 heteroatoms. The first-order chi connectivity index (χ1) is 16.7. The Bertz CT molecular complexity index is 1370. The van der Waals surface area contributed by atoms with Crippen molar-refractivity contribution in [1.82, 2.24) is 19.3 Å². The zero-order chi connectivity index (χ0) is 25.3. The summed E-state index contributed by atoms with van der Waals surface area (Å²) in [6.07, 6.45) is 4.42. The monoisotopic (exact) mass is 475 g/mol. The van der Waals surface area contributed by atoms with Gasteiger partial charge in [-0.1, -0.05) is 34.1 Å². The third-order valence-electron chi connectivity index (χ3n) is 6.53. The maximum absolute atomic E-state index is 13.1. The number of phenols is 2. The molecule has 0 aliphatic rings. The first-order valence-corrected chi connectivity index (χ1v) is 12.1. The van der Waals surface area contributed by atoms with Gasteiger partial charge in [0, 0.05) is 36.1 Å². The minimum absolute atomic E-state index is 0.0249. The molecule has 4 rings (SSSR count). The van der Waals surface area contributed by atoms with Crippen molar-refractivity contribution < 1.29 is 15.0 Å². The van der Waals surface area contributed by atoms with Crippen LogP contribution in [0.4, 0.5) is 5.95 Å². The van der Waals surface area contributed by atoms with E-state index in [2.05, 4.69) is 22.4 Å². The number of amides is 1. The van der Waals surface area contributed by atoms with Gasteiger partial charge in [0.25, 0.3) is 0 Å². The van der Waals surface area contributed by atoms with Gasteiger partial charge in [0.2, 0.25) is 11.9 Å². The normalized spacial score (nSPS) is 12.4. The number of carbonyl (C=O) groups excluding carboxylic acids is 1. The van der Waals surface area contributed by atoms with E-state index in [0.29, 0.717) is 17.0 Å². The minimum Gasteiger partial charge on any atom is -0.508 e. The van der Waals surface area contributed by atoms with Crippen LogP contribution in [0.1, 0.15) is 58.4 Å². The van der Waals surface area contributed by atoms with E-state index in [1.807, 2.05) is 62.8 Å². The average Bonchev–Trinajstić information content (AvgIpc) is 3.40. The van der Waals surface area contributed by atoms with Crippen molar-refractivity contribution in [3.8, 4) is 28.6 Å². The molecule has 4 aromatic rings. The van der Waals surface area contributed by atoms with Gasteiger partial charge < -0.3 is 14.8 Å². The molecule has 8 nitrogen and oxygen atoms in total. The molecular weight excluding hydrogens is 442 g/mol. The van der Waals surface area contributed by atoms with Crippen LogP contribution < -0.4 is 5.32 Å². The van der Waals surface area contributed by atoms with E-state index in [0.717, 1.165) is 35.9 Å². The molecule has 0 saturated heterocycles. The molecule has 0 saturated carbocycles. The second-order valence-electron chi connectivity index (χ2n) is 9.32. The number of fused-ring (bicyclic) bond motifs is 1. The zero-order valence-corrected chi connectivity index (χ0v) is 20.9. The van der Waals surface area contributed by atoms with Gasteiger partial charge >= 0.3 is 0 Å². The number of hydrogen-bond donors (Lipinski definition) is 3. The van der Waals surface area contributed by atoms with Gasteiger partial charge in [0.1, 0.15) is 11.5 Å². The van der Waals surface area contributed by atoms with Crippen molar-refractivity contribution in [2.24, 2.45) is 13.0 Å². The van der Waals surface area contributed by atoms with E-state index >= 15 is 0 Å². The van der Waals surface area contributed by atoms with Crippen LogP contribution in [-0.2, 0) is 11.8 Å². The summed E-state index contributed by atoms with van der Waals surface area (Å²) in [7, 11) is 1.98. The lowest BCUT2D eigenvalue weighted by atomic mass is 9.98. The quantitative estimate of drug-likeness (QED) is 0.302. The summed E-state index contributed by atoms with van der Waals surface area (Å²) in [6.45, 7) is 8.00. The van der Waals surface area contributed by atoms with Crippen molar-refractivity contribution in [3.63, 3.8) is 0 Å². The van der Waals surface area contributed by atoms with Gasteiger partial charge in [-0.25, -0.2) is 0 Å². The molecule has 0 aliphatic carbocycles. The van der Waals surface area contributed by atoms with E-state index in [1.165, 1.54) is 6.07 Å². The first kappa shape index (κ1) is 24.3. The predicted molar refractivity (Wildman–Crippen MR) is 138 cm³/mol. The zero-order valence-electron chi connectivity index (χ0n) is 20.9. The minimum atomic E-state index is -0.125. The Labute approximate surface area is 205 Å². The molecule has 3 N–H and O–H groups in total. The van der Waals surface area contributed by atoms with Crippen LogP contribution in [0.15, 0.2) is 42.6 Å². The highest BCUT2D eigenvalue weighted by Gasteiger charge is 2.24. The highest BCUT2D eigenvalue weighted by Crippen LogP contribution is 2.39. The van der Waals surface area contributed by atoms with Crippen LogP contribution in [0, 0.1) is 5.92 Å². The molecule has 1 atom stereocenters. The summed E-state index contributed by atoms with van der Waals surface area (Å²) in [4.78, 5) is 13.1. The van der Waals surface area contributed by atoms with Crippen LogP contribution in [0.25, 0.3) is 28.0 Å². The number of anilines is 1. The lowest BCUT2D eigenvalue weighted by Gasteiger charge is -2.17. The van der Waals surface area contributed by atoms with Gasteiger partial charge in [-0.2, -0.15) is 0 Å². The Morgan fingerprint density at radius 1 is 1.06 bits per heavy atom. The van der Waals surface area contributed by atoms with Gasteiger partial charge in [-0.3, -0.25) is 14.7 Å². The van der Waals surface area contributed by atoms with E-state index in [-0.39, 0.29) is 35.2 Å². The molecule has 2 aromatic heterocycles. The second-order valence-corrected chi connectivity index (χ2v) is 9.32. The number of nitrogens with zero attached hydrogens (tertiary/aromatic N) is 4. The standard InChI is InChI=1S/C27H33N5O3/c1-6-8-17(7-2)26(35)28-27-30-29-25(21-14-20(16(3)4)23(33)15-24(21)34)32(27)19-9-10-22-18(13-19)11-12-31(22)5/h9-17,33-34H,6-8H2,1-5H3,(H,28,30,35). The Hall–Kier alpha value is -3.81. The predicted octanol–water partition coefficient (Wildman–Crippen LogP) is 5.73. The molecule has 35 heavy (non-hydrogen) atoms. The Morgan fingerprint density at radius 2 is 1.83 bits per heavy atom. The van der Waals surface area contributed by atoms with E-state index in [9.17, 15) is 15.0 Å². The van der Waals surface area contributed by atoms with E-state index in [4.69, 9.17) is 0 Å². The van der Waals surface area contributed by atoms with Crippen LogP contribution in [0.2, 0.25) is 0 Å². The topological polar surface area (TPSA) is 105 Å². The van der Waals surface area contributed by atoms with Gasteiger partial charge in [0.15, 0.2) is 5.82 Å². The number of aryl methyl sites for hydroxylation is 1. The van der Waals surface area contributed by atoms with Gasteiger partial charge in [-0.05, 0) is 54.7 Å². The third-order valence-corrected chi connectivity index (χ3v) is 6.53. The largest absolute Gasteiger partial charge is 0.508 e. The summed E-state index contributed by atoms with van der Waals surface area (Å²) in [5.74, 6) is 0.373. The summed E-state index contributed by atoms with van der Waals surface area (Å²) in [5.41, 5.74) is 2.93. The van der Waals surface area contributed by atoms with Crippen LogP contribution in [-0.4, -0.2) is 35.5 Å². The number of benzene rings is 2. The van der Waals surface area contributed by atoms with E-state index < -0.39 is 0 Å².